The predicted molar refractivity (Wildman–Crippen MR) is 56.1 cm³/mol. The van der Waals surface area contributed by atoms with Crippen LogP contribution in [0.25, 0.3) is 0 Å². The summed E-state index contributed by atoms with van der Waals surface area (Å²) in [5.41, 5.74) is 0.321. The number of carbonyl (C=O) groups is 1. The second kappa shape index (κ2) is 5.19. The number of Topliss-reactive ketones (excluding diaryl/α,β-unsaturated/α-hetero) is 1. The summed E-state index contributed by atoms with van der Waals surface area (Å²) in [6.07, 6.45) is 1.90. The van der Waals surface area contributed by atoms with Crippen LogP contribution in [0.15, 0.2) is 0 Å². The summed E-state index contributed by atoms with van der Waals surface area (Å²) in [6, 6.07) is 0. The molecule has 1 nitrogen and oxygen atoms in total. The highest BCUT2D eigenvalue weighted by Gasteiger charge is 2.37. The van der Waals surface area contributed by atoms with E-state index in [1.165, 1.54) is 25.7 Å². The number of rotatable bonds is 5. The van der Waals surface area contributed by atoms with Crippen LogP contribution in [0.3, 0.4) is 0 Å². The molecule has 1 fully saturated rings. The Balaban J connectivity index is 2.14. The predicted octanol–water partition coefficient (Wildman–Crippen LogP) is 4.26. The molecular formula is C12H19F3O. The van der Waals surface area contributed by atoms with Crippen molar-refractivity contribution < 1.29 is 18.0 Å². The molecule has 0 unspecified atom stereocenters. The van der Waals surface area contributed by atoms with Crippen LogP contribution in [0.1, 0.15) is 58.3 Å². The minimum Gasteiger partial charge on any atom is -0.290 e. The molecule has 0 aromatic carbocycles. The van der Waals surface area contributed by atoms with E-state index in [2.05, 4.69) is 6.92 Å². The number of unbranched alkanes of at least 4 members (excludes halogenated alkanes) is 1. The molecule has 0 aromatic rings. The maximum absolute atomic E-state index is 11.9. The third-order valence-corrected chi connectivity index (χ3v) is 3.56. The van der Waals surface area contributed by atoms with E-state index in [0.717, 1.165) is 12.8 Å². The Morgan fingerprint density at radius 1 is 1.19 bits per heavy atom. The summed E-state index contributed by atoms with van der Waals surface area (Å²) in [7, 11) is 0. The molecule has 1 rings (SSSR count). The molecule has 0 saturated heterocycles. The number of halogens is 3. The van der Waals surface area contributed by atoms with E-state index in [9.17, 15) is 18.0 Å². The summed E-state index contributed by atoms with van der Waals surface area (Å²) < 4.78 is 35.7. The van der Waals surface area contributed by atoms with E-state index < -0.39 is 12.0 Å². The van der Waals surface area contributed by atoms with Crippen molar-refractivity contribution in [2.45, 2.75) is 64.5 Å². The molecule has 0 bridgehead atoms. The quantitative estimate of drug-likeness (QED) is 0.652. The van der Waals surface area contributed by atoms with Crippen molar-refractivity contribution in [1.82, 2.24) is 0 Å². The topological polar surface area (TPSA) is 17.1 Å². The minimum absolute atomic E-state index is 0.321. The van der Waals surface area contributed by atoms with Gasteiger partial charge in [0.15, 0.2) is 0 Å². The Morgan fingerprint density at radius 2 is 1.75 bits per heavy atom. The normalized spacial score (nSPS) is 20.0. The van der Waals surface area contributed by atoms with Crippen molar-refractivity contribution in [3.63, 3.8) is 0 Å². The van der Waals surface area contributed by atoms with Gasteiger partial charge in [-0.05, 0) is 31.1 Å². The first-order valence-corrected chi connectivity index (χ1v) is 5.94. The molecule has 0 aromatic heterocycles. The fourth-order valence-corrected chi connectivity index (χ4v) is 2.46. The molecule has 0 atom stereocenters. The van der Waals surface area contributed by atoms with Gasteiger partial charge in [-0.2, -0.15) is 13.2 Å². The van der Waals surface area contributed by atoms with Crippen molar-refractivity contribution in [2.24, 2.45) is 5.41 Å². The second-order valence-corrected chi connectivity index (χ2v) is 5.15. The fraction of sp³-hybridized carbons (Fsp3) is 0.917. The summed E-state index contributed by atoms with van der Waals surface area (Å²) in [5, 5.41) is 0. The van der Waals surface area contributed by atoms with Crippen molar-refractivity contribution in [3.05, 3.63) is 0 Å². The van der Waals surface area contributed by atoms with Crippen LogP contribution >= 0.6 is 0 Å². The highest BCUT2D eigenvalue weighted by Crippen LogP contribution is 2.41. The van der Waals surface area contributed by atoms with Gasteiger partial charge in [-0.1, -0.05) is 26.2 Å². The Morgan fingerprint density at radius 3 is 2.25 bits per heavy atom. The Hall–Kier alpha value is -0.540. The van der Waals surface area contributed by atoms with E-state index in [1.807, 2.05) is 0 Å². The molecule has 1 aliphatic carbocycles. The van der Waals surface area contributed by atoms with Crippen LogP contribution in [0, 0.1) is 5.41 Å². The van der Waals surface area contributed by atoms with Gasteiger partial charge < -0.3 is 0 Å². The van der Waals surface area contributed by atoms with Gasteiger partial charge in [0, 0.05) is 6.42 Å². The Bertz CT molecular complexity index is 239. The van der Waals surface area contributed by atoms with Crippen LogP contribution in [-0.4, -0.2) is 12.0 Å². The summed E-state index contributed by atoms with van der Waals surface area (Å²) in [5.74, 6) is -1.58. The van der Waals surface area contributed by atoms with Gasteiger partial charge in [-0.15, -0.1) is 0 Å². The summed E-state index contributed by atoms with van der Waals surface area (Å²) >= 11 is 0. The van der Waals surface area contributed by atoms with Gasteiger partial charge in [-0.25, -0.2) is 0 Å². The van der Waals surface area contributed by atoms with E-state index in [4.69, 9.17) is 0 Å². The number of alkyl halides is 3. The summed E-state index contributed by atoms with van der Waals surface area (Å²) in [4.78, 5) is 10.6. The summed E-state index contributed by atoms with van der Waals surface area (Å²) in [6.45, 7) is 2.20. The molecule has 0 heterocycles. The third kappa shape index (κ3) is 4.14. The molecule has 1 aliphatic rings. The van der Waals surface area contributed by atoms with Crippen LogP contribution < -0.4 is 0 Å². The van der Waals surface area contributed by atoms with Gasteiger partial charge in [0.25, 0.3) is 0 Å². The lowest BCUT2D eigenvalue weighted by atomic mass is 9.83. The molecule has 0 spiro atoms. The van der Waals surface area contributed by atoms with Gasteiger partial charge in [-0.3, -0.25) is 4.79 Å². The highest BCUT2D eigenvalue weighted by atomic mass is 19.4. The molecule has 94 valence electrons. The van der Waals surface area contributed by atoms with Gasteiger partial charge in [0.2, 0.25) is 5.78 Å². The van der Waals surface area contributed by atoms with Crippen LogP contribution in [0.5, 0.6) is 0 Å². The zero-order chi connectivity index (χ0) is 12.2. The van der Waals surface area contributed by atoms with Gasteiger partial charge >= 0.3 is 6.18 Å². The first kappa shape index (κ1) is 13.5. The lowest BCUT2D eigenvalue weighted by Crippen LogP contribution is -2.22. The molecular weight excluding hydrogens is 217 g/mol. The molecule has 1 saturated carbocycles. The minimum atomic E-state index is -4.64. The average molecular weight is 236 g/mol. The number of carbonyl (C=O) groups excluding carboxylic acids is 1. The van der Waals surface area contributed by atoms with Crippen molar-refractivity contribution in [3.8, 4) is 0 Å². The SMILES string of the molecule is CC1(CCCCC(=O)C(F)(F)F)CCCC1. The molecule has 4 heteroatoms. The van der Waals surface area contributed by atoms with Crippen molar-refractivity contribution >= 4 is 5.78 Å². The Kier molecular flexibility index (Phi) is 4.39. The molecule has 0 amide bonds. The first-order valence-electron chi connectivity index (χ1n) is 5.94. The molecule has 0 aliphatic heterocycles. The zero-order valence-electron chi connectivity index (χ0n) is 9.70. The third-order valence-electron chi connectivity index (χ3n) is 3.56. The van der Waals surface area contributed by atoms with E-state index in [1.54, 1.807) is 0 Å². The van der Waals surface area contributed by atoms with Gasteiger partial charge in [0.05, 0.1) is 0 Å². The lowest BCUT2D eigenvalue weighted by Gasteiger charge is -2.22. The smallest absolute Gasteiger partial charge is 0.290 e. The van der Waals surface area contributed by atoms with Crippen molar-refractivity contribution in [2.75, 3.05) is 0 Å². The zero-order valence-corrected chi connectivity index (χ0v) is 9.70. The van der Waals surface area contributed by atoms with Crippen LogP contribution in [0.2, 0.25) is 0 Å². The van der Waals surface area contributed by atoms with Crippen molar-refractivity contribution in [1.29, 1.82) is 0 Å². The highest BCUT2D eigenvalue weighted by molar-refractivity contribution is 5.83. The first-order chi connectivity index (χ1) is 7.33. The molecule has 0 N–H and O–H groups in total. The average Bonchev–Trinajstić information content (AvgIpc) is 2.58. The fourth-order valence-electron chi connectivity index (χ4n) is 2.46. The lowest BCUT2D eigenvalue weighted by molar-refractivity contribution is -0.171. The maximum atomic E-state index is 11.9. The van der Waals surface area contributed by atoms with Crippen LogP contribution in [0.4, 0.5) is 13.2 Å². The van der Waals surface area contributed by atoms with E-state index in [0.29, 0.717) is 11.8 Å². The monoisotopic (exact) mass is 236 g/mol. The number of hydrogen-bond acceptors (Lipinski definition) is 1. The maximum Gasteiger partial charge on any atom is 0.449 e. The second-order valence-electron chi connectivity index (χ2n) is 5.15. The van der Waals surface area contributed by atoms with E-state index in [-0.39, 0.29) is 6.42 Å². The molecule has 16 heavy (non-hydrogen) atoms. The molecule has 0 radical (unpaired) electrons. The number of hydrogen-bond donors (Lipinski definition) is 0. The largest absolute Gasteiger partial charge is 0.449 e. The van der Waals surface area contributed by atoms with E-state index >= 15 is 0 Å². The number of ketones is 1. The Labute approximate surface area is 94.4 Å². The van der Waals surface area contributed by atoms with Crippen LogP contribution in [-0.2, 0) is 4.79 Å². The van der Waals surface area contributed by atoms with Gasteiger partial charge in [0.1, 0.15) is 0 Å². The standard InChI is InChI=1S/C12H19F3O/c1-11(8-4-5-9-11)7-3-2-6-10(16)12(13,14)15/h2-9H2,1H3.